The molecule has 1 rings (SSSR count). The number of benzene rings is 1. The molecule has 0 heterocycles. The van der Waals surface area contributed by atoms with Gasteiger partial charge in [-0.25, -0.2) is 5.43 Å². The molecule has 0 saturated heterocycles. The van der Waals surface area contributed by atoms with Gasteiger partial charge in [0, 0.05) is 6.42 Å². The normalized spacial score (nSPS) is 10.9. The quantitative estimate of drug-likeness (QED) is 0.311. The number of unbranched alkanes of at least 4 members (excludes halogenated alkanes) is 8. The van der Waals surface area contributed by atoms with Gasteiger partial charge >= 0.3 is 0 Å². The second kappa shape index (κ2) is 13.6. The van der Waals surface area contributed by atoms with Crippen molar-refractivity contribution in [1.29, 1.82) is 0 Å². The highest BCUT2D eigenvalue weighted by Crippen LogP contribution is 2.11. The number of rotatable bonds is 13. The van der Waals surface area contributed by atoms with Crippen LogP contribution in [0, 0.1) is 0 Å². The van der Waals surface area contributed by atoms with E-state index in [0.29, 0.717) is 6.42 Å². The van der Waals surface area contributed by atoms with Crippen molar-refractivity contribution in [3.05, 3.63) is 29.8 Å². The summed E-state index contributed by atoms with van der Waals surface area (Å²) in [7, 11) is 1.63. The third-order valence-corrected chi connectivity index (χ3v) is 4.00. The van der Waals surface area contributed by atoms with Crippen molar-refractivity contribution in [2.24, 2.45) is 5.10 Å². The first-order valence-electron chi connectivity index (χ1n) is 9.22. The molecule has 0 bridgehead atoms. The van der Waals surface area contributed by atoms with E-state index in [1.807, 2.05) is 24.3 Å². The van der Waals surface area contributed by atoms with Gasteiger partial charge < -0.3 is 4.74 Å². The highest BCUT2D eigenvalue weighted by Gasteiger charge is 1.99. The minimum Gasteiger partial charge on any atom is -0.497 e. The van der Waals surface area contributed by atoms with Gasteiger partial charge in [0.25, 0.3) is 0 Å². The minimum atomic E-state index is -0.0166. The van der Waals surface area contributed by atoms with Gasteiger partial charge in [-0.1, -0.05) is 70.4 Å². The van der Waals surface area contributed by atoms with Crippen LogP contribution < -0.4 is 10.2 Å². The Morgan fingerprint density at radius 1 is 1.08 bits per heavy atom. The lowest BCUT2D eigenvalue weighted by atomic mass is 10.1. The number of carbonyl (C=O) groups is 1. The monoisotopic (exact) mass is 332 g/mol. The number of hydrogen-bond acceptors (Lipinski definition) is 3. The van der Waals surface area contributed by atoms with Gasteiger partial charge in [-0.2, -0.15) is 5.10 Å². The highest BCUT2D eigenvalue weighted by molar-refractivity contribution is 5.82. The van der Waals surface area contributed by atoms with Gasteiger partial charge in [-0.3, -0.25) is 4.79 Å². The minimum absolute atomic E-state index is 0.0166. The molecule has 0 unspecified atom stereocenters. The van der Waals surface area contributed by atoms with Crippen molar-refractivity contribution in [1.82, 2.24) is 5.43 Å². The Morgan fingerprint density at radius 3 is 2.42 bits per heavy atom. The van der Waals surface area contributed by atoms with Crippen LogP contribution in [0.1, 0.15) is 76.7 Å². The van der Waals surface area contributed by atoms with Gasteiger partial charge in [0.2, 0.25) is 5.91 Å². The molecule has 0 aliphatic heterocycles. The molecule has 24 heavy (non-hydrogen) atoms. The van der Waals surface area contributed by atoms with E-state index in [9.17, 15) is 4.79 Å². The standard InChI is InChI=1S/C20H32N2O2/c1-3-4-5-6-7-8-9-10-11-15-20(23)22-21-17-18-13-12-14-19(16-18)24-2/h12-14,16-17H,3-11,15H2,1-2H3,(H,22,23)/b21-17-. The van der Waals surface area contributed by atoms with Gasteiger partial charge in [0.1, 0.15) is 5.75 Å². The Labute approximate surface area is 146 Å². The lowest BCUT2D eigenvalue weighted by Gasteiger charge is -2.02. The fourth-order valence-electron chi connectivity index (χ4n) is 2.55. The van der Waals surface area contributed by atoms with Crippen LogP contribution in [-0.4, -0.2) is 19.2 Å². The molecule has 0 atom stereocenters. The van der Waals surface area contributed by atoms with Crippen LogP contribution in [0.4, 0.5) is 0 Å². The summed E-state index contributed by atoms with van der Waals surface area (Å²) in [5, 5.41) is 3.99. The molecule has 4 nitrogen and oxygen atoms in total. The van der Waals surface area contributed by atoms with Crippen LogP contribution in [0.2, 0.25) is 0 Å². The van der Waals surface area contributed by atoms with E-state index in [4.69, 9.17) is 4.74 Å². The summed E-state index contributed by atoms with van der Waals surface area (Å²) < 4.78 is 5.15. The third-order valence-electron chi connectivity index (χ3n) is 4.00. The maximum atomic E-state index is 11.7. The van der Waals surface area contributed by atoms with Crippen molar-refractivity contribution >= 4 is 12.1 Å². The van der Waals surface area contributed by atoms with Gasteiger partial charge in [0.15, 0.2) is 0 Å². The second-order valence-electron chi connectivity index (χ2n) is 6.15. The number of methoxy groups -OCH3 is 1. The molecule has 0 radical (unpaired) electrons. The molecule has 1 amide bonds. The molecular formula is C20H32N2O2. The fourth-order valence-corrected chi connectivity index (χ4v) is 2.55. The van der Waals surface area contributed by atoms with E-state index in [0.717, 1.165) is 24.2 Å². The molecule has 0 aromatic heterocycles. The smallest absolute Gasteiger partial charge is 0.240 e. The molecule has 4 heteroatoms. The summed E-state index contributed by atoms with van der Waals surface area (Å²) in [4.78, 5) is 11.7. The summed E-state index contributed by atoms with van der Waals surface area (Å²) in [6.07, 6.45) is 13.5. The Hall–Kier alpha value is -1.84. The zero-order chi connectivity index (χ0) is 17.5. The van der Waals surface area contributed by atoms with E-state index in [2.05, 4.69) is 17.5 Å². The summed E-state index contributed by atoms with van der Waals surface area (Å²) in [6, 6.07) is 7.55. The topological polar surface area (TPSA) is 50.7 Å². The number of nitrogens with one attached hydrogen (secondary N) is 1. The Balaban J connectivity index is 2.04. The molecule has 1 N–H and O–H groups in total. The molecule has 0 fully saturated rings. The molecule has 0 saturated carbocycles. The molecule has 0 spiro atoms. The van der Waals surface area contributed by atoms with E-state index in [1.165, 1.54) is 44.9 Å². The lowest BCUT2D eigenvalue weighted by molar-refractivity contribution is -0.121. The van der Waals surface area contributed by atoms with Crippen molar-refractivity contribution in [3.63, 3.8) is 0 Å². The van der Waals surface area contributed by atoms with Crippen LogP contribution >= 0.6 is 0 Å². The molecule has 134 valence electrons. The average Bonchev–Trinajstić information content (AvgIpc) is 2.60. The zero-order valence-corrected chi connectivity index (χ0v) is 15.2. The number of hydrogen-bond donors (Lipinski definition) is 1. The number of nitrogens with zero attached hydrogens (tertiary/aromatic N) is 1. The lowest BCUT2D eigenvalue weighted by Crippen LogP contribution is -2.16. The van der Waals surface area contributed by atoms with Crippen LogP contribution in [0.5, 0.6) is 5.75 Å². The summed E-state index contributed by atoms with van der Waals surface area (Å²) in [5.41, 5.74) is 3.48. The maximum Gasteiger partial charge on any atom is 0.240 e. The molecule has 1 aromatic rings. The van der Waals surface area contributed by atoms with Crippen molar-refractivity contribution < 1.29 is 9.53 Å². The van der Waals surface area contributed by atoms with E-state index in [-0.39, 0.29) is 5.91 Å². The van der Waals surface area contributed by atoms with Gasteiger partial charge in [-0.05, 0) is 24.1 Å². The number of ether oxygens (including phenoxy) is 1. The Morgan fingerprint density at radius 2 is 1.75 bits per heavy atom. The first-order valence-corrected chi connectivity index (χ1v) is 9.22. The second-order valence-corrected chi connectivity index (χ2v) is 6.15. The predicted molar refractivity (Wildman–Crippen MR) is 101 cm³/mol. The summed E-state index contributed by atoms with van der Waals surface area (Å²) in [6.45, 7) is 2.24. The molecular weight excluding hydrogens is 300 g/mol. The van der Waals surface area contributed by atoms with E-state index < -0.39 is 0 Å². The van der Waals surface area contributed by atoms with Gasteiger partial charge in [-0.15, -0.1) is 0 Å². The number of carbonyl (C=O) groups excluding carboxylic acids is 1. The SMILES string of the molecule is CCCCCCCCCCCC(=O)N/N=C\c1cccc(OC)c1. The van der Waals surface area contributed by atoms with E-state index >= 15 is 0 Å². The van der Waals surface area contributed by atoms with Crippen LogP contribution in [0.15, 0.2) is 29.4 Å². The zero-order valence-electron chi connectivity index (χ0n) is 15.2. The van der Waals surface area contributed by atoms with Crippen molar-refractivity contribution in [2.45, 2.75) is 71.1 Å². The van der Waals surface area contributed by atoms with Crippen molar-refractivity contribution in [3.8, 4) is 5.75 Å². The highest BCUT2D eigenvalue weighted by atomic mass is 16.5. The Kier molecular flexibility index (Phi) is 11.4. The van der Waals surface area contributed by atoms with Crippen LogP contribution in [-0.2, 0) is 4.79 Å². The maximum absolute atomic E-state index is 11.7. The largest absolute Gasteiger partial charge is 0.497 e. The first-order chi connectivity index (χ1) is 11.8. The first kappa shape index (κ1) is 20.2. The number of hydrazone groups is 1. The summed E-state index contributed by atoms with van der Waals surface area (Å²) >= 11 is 0. The molecule has 0 aliphatic carbocycles. The van der Waals surface area contributed by atoms with Crippen LogP contribution in [0.3, 0.4) is 0 Å². The average molecular weight is 332 g/mol. The predicted octanol–water partition coefficient (Wildman–Crippen LogP) is 5.07. The summed E-state index contributed by atoms with van der Waals surface area (Å²) in [5.74, 6) is 0.761. The van der Waals surface area contributed by atoms with E-state index in [1.54, 1.807) is 13.3 Å². The molecule has 1 aromatic carbocycles. The Bertz CT molecular complexity index is 486. The fraction of sp³-hybridized carbons (Fsp3) is 0.600. The third kappa shape index (κ3) is 10.0. The van der Waals surface area contributed by atoms with Gasteiger partial charge in [0.05, 0.1) is 13.3 Å². The number of amides is 1. The van der Waals surface area contributed by atoms with Crippen molar-refractivity contribution in [2.75, 3.05) is 7.11 Å². The molecule has 0 aliphatic rings. The van der Waals surface area contributed by atoms with Crippen LogP contribution in [0.25, 0.3) is 0 Å².